The normalized spacial score (nSPS) is 22.2. The molecule has 7 rings (SSSR count). The Morgan fingerprint density at radius 1 is 1.14 bits per heavy atom. The minimum atomic E-state index is -0.512. The molecule has 4 aliphatic rings. The van der Waals surface area contributed by atoms with E-state index in [1.807, 2.05) is 37.3 Å². The number of aryl methyl sites for hydroxylation is 1. The van der Waals surface area contributed by atoms with Crippen LogP contribution in [-0.4, -0.2) is 39.7 Å². The number of nitrogens with zero attached hydrogens (tertiary/aromatic N) is 2. The number of rotatable bonds is 5. The van der Waals surface area contributed by atoms with Gasteiger partial charge in [0.05, 0.1) is 5.56 Å². The summed E-state index contributed by atoms with van der Waals surface area (Å²) in [5, 5.41) is 7.92. The highest BCUT2D eigenvalue weighted by molar-refractivity contribution is 7.17. The number of ether oxygens (including phenoxy) is 1. The SMILES string of the molecule is CC1(C)OC(=O)c2c(NC(=O)NCc3c(-n4cccc4)sc4c3CCN(C3CC3)C4)sc3c2C1CCC3. The van der Waals surface area contributed by atoms with E-state index in [-0.39, 0.29) is 17.9 Å². The third kappa shape index (κ3) is 4.02. The summed E-state index contributed by atoms with van der Waals surface area (Å²) in [4.78, 5) is 31.4. The molecule has 0 saturated heterocycles. The van der Waals surface area contributed by atoms with Gasteiger partial charge in [-0.3, -0.25) is 10.2 Å². The van der Waals surface area contributed by atoms with Gasteiger partial charge in [0.2, 0.25) is 0 Å². The van der Waals surface area contributed by atoms with Crippen molar-refractivity contribution in [3.8, 4) is 5.00 Å². The lowest BCUT2D eigenvalue weighted by molar-refractivity contribution is -0.0234. The molecule has 1 unspecified atom stereocenters. The first-order chi connectivity index (χ1) is 17.9. The molecule has 0 radical (unpaired) electrons. The molecule has 2 amide bonds. The van der Waals surface area contributed by atoms with Crippen molar-refractivity contribution in [2.24, 2.45) is 0 Å². The first-order valence-corrected chi connectivity index (χ1v) is 15.0. The number of hydrogen-bond donors (Lipinski definition) is 2. The van der Waals surface area contributed by atoms with E-state index in [1.54, 1.807) is 0 Å². The predicted molar refractivity (Wildman–Crippen MR) is 146 cm³/mol. The van der Waals surface area contributed by atoms with E-state index >= 15 is 0 Å². The number of fused-ring (bicyclic) bond motifs is 1. The molecular weight excluding hydrogens is 504 g/mol. The highest BCUT2D eigenvalue weighted by Crippen LogP contribution is 2.52. The molecule has 3 aromatic heterocycles. The maximum Gasteiger partial charge on any atom is 0.342 e. The first-order valence-electron chi connectivity index (χ1n) is 13.3. The van der Waals surface area contributed by atoms with Gasteiger partial charge in [0, 0.05) is 59.3 Å². The fourth-order valence-electron chi connectivity index (χ4n) is 6.41. The van der Waals surface area contributed by atoms with Gasteiger partial charge in [-0.15, -0.1) is 22.7 Å². The lowest BCUT2D eigenvalue weighted by atomic mass is 9.74. The average Bonchev–Trinajstić information content (AvgIpc) is 3.28. The summed E-state index contributed by atoms with van der Waals surface area (Å²) in [5.74, 6) is -0.131. The molecule has 5 heterocycles. The van der Waals surface area contributed by atoms with Crippen LogP contribution in [0.2, 0.25) is 0 Å². The summed E-state index contributed by atoms with van der Waals surface area (Å²) >= 11 is 3.39. The van der Waals surface area contributed by atoms with Crippen molar-refractivity contribution in [1.29, 1.82) is 0 Å². The number of carbonyl (C=O) groups excluding carboxylic acids is 2. The Balaban J connectivity index is 1.13. The second kappa shape index (κ2) is 8.71. The summed E-state index contributed by atoms with van der Waals surface area (Å²) in [6.07, 6.45) is 10.8. The monoisotopic (exact) mass is 536 g/mol. The predicted octanol–water partition coefficient (Wildman–Crippen LogP) is 5.81. The number of amides is 2. The first kappa shape index (κ1) is 23.5. The fraction of sp³-hybridized carbons (Fsp3) is 0.500. The van der Waals surface area contributed by atoms with Crippen molar-refractivity contribution in [3.63, 3.8) is 0 Å². The maximum absolute atomic E-state index is 13.2. The van der Waals surface area contributed by atoms with E-state index in [1.165, 1.54) is 50.1 Å². The molecule has 1 atom stereocenters. The van der Waals surface area contributed by atoms with Gasteiger partial charge in [-0.2, -0.15) is 0 Å². The highest BCUT2D eigenvalue weighted by atomic mass is 32.1. The number of esters is 1. The molecule has 0 spiro atoms. The molecule has 2 aliphatic heterocycles. The third-order valence-corrected chi connectivity index (χ3v) is 10.8. The largest absolute Gasteiger partial charge is 0.455 e. The van der Waals surface area contributed by atoms with E-state index in [4.69, 9.17) is 4.74 Å². The molecule has 1 fully saturated rings. The molecular formula is C28H32N4O3S2. The van der Waals surface area contributed by atoms with Gasteiger partial charge in [-0.1, -0.05) is 0 Å². The van der Waals surface area contributed by atoms with Crippen LogP contribution in [0.3, 0.4) is 0 Å². The van der Waals surface area contributed by atoms with E-state index in [2.05, 4.69) is 32.5 Å². The number of thiophene rings is 2. The molecule has 1 saturated carbocycles. The Labute approximate surface area is 224 Å². The van der Waals surface area contributed by atoms with Crippen molar-refractivity contribution >= 4 is 39.7 Å². The molecule has 37 heavy (non-hydrogen) atoms. The number of carbonyl (C=O) groups is 2. The lowest BCUT2D eigenvalue weighted by Crippen LogP contribution is -2.41. The molecule has 7 nitrogen and oxygen atoms in total. The Bertz CT molecular complexity index is 1380. The van der Waals surface area contributed by atoms with E-state index < -0.39 is 5.60 Å². The maximum atomic E-state index is 13.2. The Morgan fingerprint density at radius 2 is 1.95 bits per heavy atom. The van der Waals surface area contributed by atoms with Gasteiger partial charge < -0.3 is 14.6 Å². The van der Waals surface area contributed by atoms with Crippen LogP contribution in [0.5, 0.6) is 0 Å². The van der Waals surface area contributed by atoms with Crippen molar-refractivity contribution in [3.05, 3.63) is 56.5 Å². The lowest BCUT2D eigenvalue weighted by Gasteiger charge is -2.40. The zero-order chi connectivity index (χ0) is 25.3. The topological polar surface area (TPSA) is 75.6 Å². The minimum absolute atomic E-state index is 0.190. The zero-order valence-electron chi connectivity index (χ0n) is 21.3. The second-order valence-electron chi connectivity index (χ2n) is 11.2. The summed E-state index contributed by atoms with van der Waals surface area (Å²) in [7, 11) is 0. The Morgan fingerprint density at radius 3 is 2.73 bits per heavy atom. The number of cyclic esters (lactones) is 1. The number of nitrogens with one attached hydrogen (secondary N) is 2. The van der Waals surface area contributed by atoms with Crippen LogP contribution in [-0.2, 0) is 30.7 Å². The van der Waals surface area contributed by atoms with Crippen LogP contribution in [0.25, 0.3) is 5.00 Å². The van der Waals surface area contributed by atoms with Crippen LogP contribution < -0.4 is 10.6 Å². The molecule has 0 bridgehead atoms. The van der Waals surface area contributed by atoms with Gasteiger partial charge in [0.1, 0.15) is 15.6 Å². The standard InChI is InChI=1S/C28H32N4O3S2/c1-28(2)19-6-5-7-20-22(19)23(26(33)35-28)24(36-20)30-27(34)29-14-18-17-10-13-32(16-8-9-16)15-21(17)37-25(18)31-11-3-4-12-31/h3-4,11-12,16,19H,5-10,13-15H2,1-2H3,(H2,29,30,34). The van der Waals surface area contributed by atoms with Gasteiger partial charge in [0.25, 0.3) is 0 Å². The molecule has 0 aromatic carbocycles. The zero-order valence-corrected chi connectivity index (χ0v) is 22.9. The van der Waals surface area contributed by atoms with Crippen LogP contribution in [0.15, 0.2) is 24.5 Å². The van der Waals surface area contributed by atoms with Crippen molar-refractivity contribution in [2.75, 3.05) is 11.9 Å². The number of anilines is 1. The van der Waals surface area contributed by atoms with Gasteiger partial charge in [0.15, 0.2) is 0 Å². The van der Waals surface area contributed by atoms with Crippen molar-refractivity contribution in [1.82, 2.24) is 14.8 Å². The summed E-state index contributed by atoms with van der Waals surface area (Å²) < 4.78 is 7.99. The number of hydrogen-bond acceptors (Lipinski definition) is 6. The smallest absolute Gasteiger partial charge is 0.342 e. The molecule has 2 aliphatic carbocycles. The molecule has 3 aromatic rings. The number of urea groups is 1. The van der Waals surface area contributed by atoms with Gasteiger partial charge in [-0.25, -0.2) is 9.59 Å². The second-order valence-corrected chi connectivity index (χ2v) is 13.4. The van der Waals surface area contributed by atoms with Crippen molar-refractivity contribution in [2.45, 2.75) is 83.0 Å². The Kier molecular flexibility index (Phi) is 5.53. The molecule has 2 N–H and O–H groups in total. The summed E-state index contributed by atoms with van der Waals surface area (Å²) in [5.41, 5.74) is 3.76. The molecule has 9 heteroatoms. The van der Waals surface area contributed by atoms with Crippen LogP contribution in [0.4, 0.5) is 9.80 Å². The van der Waals surface area contributed by atoms with Gasteiger partial charge in [-0.05, 0) is 75.6 Å². The van der Waals surface area contributed by atoms with Crippen LogP contribution in [0, 0.1) is 0 Å². The van der Waals surface area contributed by atoms with E-state index in [9.17, 15) is 9.59 Å². The average molecular weight is 537 g/mol. The van der Waals surface area contributed by atoms with E-state index in [0.29, 0.717) is 17.1 Å². The summed E-state index contributed by atoms with van der Waals surface area (Å²) in [6.45, 7) is 6.55. The summed E-state index contributed by atoms with van der Waals surface area (Å²) in [6, 6.07) is 4.55. The Hall–Kier alpha value is -2.62. The highest BCUT2D eigenvalue weighted by Gasteiger charge is 2.46. The fourth-order valence-corrected chi connectivity index (χ4v) is 9.05. The van der Waals surface area contributed by atoms with Crippen LogP contribution in [0.1, 0.15) is 82.3 Å². The quantitative estimate of drug-likeness (QED) is 0.404. The van der Waals surface area contributed by atoms with Crippen LogP contribution >= 0.6 is 22.7 Å². The van der Waals surface area contributed by atoms with Crippen molar-refractivity contribution < 1.29 is 14.3 Å². The third-order valence-electron chi connectivity index (χ3n) is 8.40. The molecule has 194 valence electrons. The van der Waals surface area contributed by atoms with E-state index in [0.717, 1.165) is 50.4 Å². The number of aromatic nitrogens is 1. The minimum Gasteiger partial charge on any atom is -0.455 e. The van der Waals surface area contributed by atoms with Gasteiger partial charge >= 0.3 is 12.0 Å².